The van der Waals surface area contributed by atoms with E-state index in [1.807, 2.05) is 0 Å². The quantitative estimate of drug-likeness (QED) is 0.936. The van der Waals surface area contributed by atoms with Crippen molar-refractivity contribution < 1.29 is 18.4 Å². The first-order valence-corrected chi connectivity index (χ1v) is 7.84. The molecular weight excluding hydrogens is 315 g/mol. The number of H-pyrrole nitrogens is 1. The first-order valence-electron chi connectivity index (χ1n) is 7.84. The van der Waals surface area contributed by atoms with E-state index < -0.39 is 0 Å². The van der Waals surface area contributed by atoms with Gasteiger partial charge in [-0.25, -0.2) is 9.18 Å². The number of carbonyl (C=O) groups is 1. The number of aromatic amines is 1. The summed E-state index contributed by atoms with van der Waals surface area (Å²) in [4.78, 5) is 25.0. The molecule has 0 saturated carbocycles. The van der Waals surface area contributed by atoms with Gasteiger partial charge in [-0.3, -0.25) is 4.79 Å². The maximum Gasteiger partial charge on any atom is 0.409 e. The Balaban J connectivity index is 1.79. The predicted molar refractivity (Wildman–Crippen MR) is 84.3 cm³/mol. The Labute approximate surface area is 138 Å². The molecule has 0 spiro atoms. The minimum Gasteiger partial charge on any atom is -0.453 e. The van der Waals surface area contributed by atoms with E-state index in [2.05, 4.69) is 5.16 Å². The van der Waals surface area contributed by atoms with Crippen LogP contribution in [0.4, 0.5) is 9.18 Å². The maximum absolute atomic E-state index is 13.1. The Hall–Kier alpha value is -2.57. The maximum atomic E-state index is 13.1. The Morgan fingerprint density at radius 3 is 2.79 bits per heavy atom. The molecule has 24 heavy (non-hydrogen) atoms. The molecule has 2 heterocycles. The summed E-state index contributed by atoms with van der Waals surface area (Å²) in [6.45, 7) is 0.512. The number of nitrogens with one attached hydrogen (secondary N) is 1. The lowest BCUT2D eigenvalue weighted by molar-refractivity contribution is 0.0817. The molecule has 1 fully saturated rings. The van der Waals surface area contributed by atoms with Gasteiger partial charge in [0.05, 0.1) is 7.11 Å². The van der Waals surface area contributed by atoms with Crippen LogP contribution in [-0.2, 0) is 11.2 Å². The van der Waals surface area contributed by atoms with Crippen molar-refractivity contribution in [2.24, 2.45) is 0 Å². The third-order valence-corrected chi connectivity index (χ3v) is 4.45. The molecule has 1 N–H and O–H groups in total. The van der Waals surface area contributed by atoms with Crippen LogP contribution in [0.3, 0.4) is 0 Å². The van der Waals surface area contributed by atoms with Gasteiger partial charge >= 0.3 is 6.09 Å². The fraction of sp³-hybridized carbons (Fsp3) is 0.412. The minimum absolute atomic E-state index is 0.0512. The molecule has 0 unspecified atom stereocenters. The SMILES string of the molecule is COC(=O)N1CC[C@@H](c2cc(=O)[nH]o2)C[C@H]1Cc1ccc(F)cc1. The lowest BCUT2D eigenvalue weighted by Crippen LogP contribution is -2.46. The zero-order chi connectivity index (χ0) is 17.1. The van der Waals surface area contributed by atoms with Crippen molar-refractivity contribution in [1.82, 2.24) is 10.1 Å². The summed E-state index contributed by atoms with van der Waals surface area (Å²) in [5.41, 5.74) is 0.668. The van der Waals surface area contributed by atoms with Crippen LogP contribution in [0.25, 0.3) is 0 Å². The molecule has 128 valence electrons. The van der Waals surface area contributed by atoms with Crippen LogP contribution < -0.4 is 5.56 Å². The van der Waals surface area contributed by atoms with Gasteiger partial charge in [-0.2, -0.15) is 5.16 Å². The van der Waals surface area contributed by atoms with E-state index in [0.29, 0.717) is 31.6 Å². The largest absolute Gasteiger partial charge is 0.453 e. The monoisotopic (exact) mass is 334 g/mol. The molecule has 1 saturated heterocycles. The summed E-state index contributed by atoms with van der Waals surface area (Å²) in [5, 5.41) is 2.30. The van der Waals surface area contributed by atoms with Gasteiger partial charge in [0.1, 0.15) is 11.6 Å². The number of aromatic nitrogens is 1. The van der Waals surface area contributed by atoms with Gasteiger partial charge in [0, 0.05) is 24.6 Å². The first-order chi connectivity index (χ1) is 11.6. The summed E-state index contributed by atoms with van der Waals surface area (Å²) in [6.07, 6.45) is 1.54. The van der Waals surface area contributed by atoms with Crippen LogP contribution in [0.15, 0.2) is 39.6 Å². The fourth-order valence-electron chi connectivity index (χ4n) is 3.25. The molecule has 0 radical (unpaired) electrons. The highest BCUT2D eigenvalue weighted by atomic mass is 19.1. The number of methoxy groups -OCH3 is 1. The normalized spacial score (nSPS) is 20.8. The van der Waals surface area contributed by atoms with Gasteiger partial charge in [-0.1, -0.05) is 12.1 Å². The van der Waals surface area contributed by atoms with Crippen LogP contribution >= 0.6 is 0 Å². The van der Waals surface area contributed by atoms with Crippen LogP contribution in [0.1, 0.15) is 30.1 Å². The highest BCUT2D eigenvalue weighted by molar-refractivity contribution is 5.68. The topological polar surface area (TPSA) is 75.5 Å². The van der Waals surface area contributed by atoms with Gasteiger partial charge in [-0.15, -0.1) is 0 Å². The van der Waals surface area contributed by atoms with E-state index in [0.717, 1.165) is 5.56 Å². The summed E-state index contributed by atoms with van der Waals surface area (Å²) < 4.78 is 23.2. The third-order valence-electron chi connectivity index (χ3n) is 4.45. The molecule has 7 heteroatoms. The number of rotatable bonds is 3. The summed E-state index contributed by atoms with van der Waals surface area (Å²) in [7, 11) is 1.36. The molecule has 1 aliphatic rings. The second-order valence-corrected chi connectivity index (χ2v) is 5.98. The number of benzene rings is 1. The van der Waals surface area contributed by atoms with Crippen LogP contribution in [0, 0.1) is 5.82 Å². The van der Waals surface area contributed by atoms with Crippen molar-refractivity contribution in [2.75, 3.05) is 13.7 Å². The number of amides is 1. The Kier molecular flexibility index (Phi) is 4.69. The average molecular weight is 334 g/mol. The number of carbonyl (C=O) groups excluding carboxylic acids is 1. The molecule has 3 rings (SSSR count). The Morgan fingerprint density at radius 1 is 1.42 bits per heavy atom. The lowest BCUT2D eigenvalue weighted by Gasteiger charge is -2.38. The highest BCUT2D eigenvalue weighted by Gasteiger charge is 2.34. The van der Waals surface area contributed by atoms with E-state index in [1.165, 1.54) is 25.3 Å². The van der Waals surface area contributed by atoms with Crippen LogP contribution in [0.5, 0.6) is 0 Å². The van der Waals surface area contributed by atoms with E-state index in [-0.39, 0.29) is 29.4 Å². The third kappa shape index (κ3) is 3.50. The van der Waals surface area contributed by atoms with Gasteiger partial charge < -0.3 is 14.2 Å². The Bertz CT molecular complexity index is 752. The zero-order valence-corrected chi connectivity index (χ0v) is 13.3. The van der Waals surface area contributed by atoms with E-state index in [1.54, 1.807) is 17.0 Å². The van der Waals surface area contributed by atoms with Crippen LogP contribution in [0.2, 0.25) is 0 Å². The number of hydrogen-bond acceptors (Lipinski definition) is 4. The molecule has 1 aliphatic heterocycles. The molecule has 0 aliphatic carbocycles. The molecule has 2 atom stereocenters. The number of piperidine rings is 1. The number of hydrogen-bond donors (Lipinski definition) is 1. The highest BCUT2D eigenvalue weighted by Crippen LogP contribution is 2.32. The lowest BCUT2D eigenvalue weighted by atomic mass is 9.86. The van der Waals surface area contributed by atoms with E-state index in [4.69, 9.17) is 9.26 Å². The summed E-state index contributed by atoms with van der Waals surface area (Å²) in [5.74, 6) is 0.364. The number of likely N-dealkylation sites (tertiary alicyclic amines) is 1. The zero-order valence-electron chi connectivity index (χ0n) is 13.3. The number of nitrogens with zero attached hydrogens (tertiary/aromatic N) is 1. The minimum atomic E-state index is -0.379. The van der Waals surface area contributed by atoms with Gasteiger partial charge in [-0.05, 0) is 37.0 Å². The number of halogens is 1. The van der Waals surface area contributed by atoms with Crippen molar-refractivity contribution in [1.29, 1.82) is 0 Å². The van der Waals surface area contributed by atoms with Crippen molar-refractivity contribution in [3.05, 3.63) is 57.8 Å². The molecule has 0 bridgehead atoms. The standard InChI is InChI=1S/C17H19FN2O4/c1-23-17(22)20-7-6-12(15-10-16(21)19-24-15)9-14(20)8-11-2-4-13(18)5-3-11/h2-5,10,12,14H,6-9H2,1H3,(H,19,21)/t12-,14-/m1/s1. The molecular formula is C17H19FN2O4. The van der Waals surface area contributed by atoms with Crippen molar-refractivity contribution in [3.63, 3.8) is 0 Å². The summed E-state index contributed by atoms with van der Waals surface area (Å²) in [6, 6.07) is 7.58. The van der Waals surface area contributed by atoms with E-state index >= 15 is 0 Å². The fourth-order valence-corrected chi connectivity index (χ4v) is 3.25. The molecule has 1 aromatic carbocycles. The predicted octanol–water partition coefficient (Wildman–Crippen LogP) is 2.66. The first kappa shape index (κ1) is 16.3. The van der Waals surface area contributed by atoms with Gasteiger partial charge in [0.15, 0.2) is 0 Å². The second kappa shape index (κ2) is 6.90. The van der Waals surface area contributed by atoms with Crippen molar-refractivity contribution >= 4 is 6.09 Å². The molecule has 1 aromatic heterocycles. The second-order valence-electron chi connectivity index (χ2n) is 5.98. The van der Waals surface area contributed by atoms with Crippen molar-refractivity contribution in [3.8, 4) is 0 Å². The molecule has 1 amide bonds. The number of ether oxygens (including phenoxy) is 1. The smallest absolute Gasteiger partial charge is 0.409 e. The van der Waals surface area contributed by atoms with Gasteiger partial charge in [0.25, 0.3) is 5.56 Å². The van der Waals surface area contributed by atoms with Crippen molar-refractivity contribution in [2.45, 2.75) is 31.2 Å². The summed E-state index contributed by atoms with van der Waals surface area (Å²) >= 11 is 0. The Morgan fingerprint density at radius 2 is 2.17 bits per heavy atom. The average Bonchev–Trinajstić information content (AvgIpc) is 3.03. The molecule has 2 aromatic rings. The van der Waals surface area contributed by atoms with E-state index in [9.17, 15) is 14.0 Å². The van der Waals surface area contributed by atoms with Gasteiger partial charge in [0.2, 0.25) is 0 Å². The molecule has 6 nitrogen and oxygen atoms in total. The van der Waals surface area contributed by atoms with Crippen LogP contribution in [-0.4, -0.2) is 35.8 Å².